The minimum absolute atomic E-state index is 0.102. The van der Waals surface area contributed by atoms with Crippen molar-refractivity contribution in [3.8, 4) is 0 Å². The summed E-state index contributed by atoms with van der Waals surface area (Å²) in [6, 6.07) is -1.97. The highest BCUT2D eigenvalue weighted by Gasteiger charge is 2.27. The Bertz CT molecular complexity index is 451. The van der Waals surface area contributed by atoms with E-state index in [0.717, 1.165) is 0 Å². The molecule has 2 unspecified atom stereocenters. The molecule has 0 aromatic carbocycles. The minimum Gasteiger partial charge on any atom is -0.352 e. The number of carbonyl (C=O) groups is 4. The van der Waals surface area contributed by atoms with Gasteiger partial charge in [-0.1, -0.05) is 20.8 Å². The summed E-state index contributed by atoms with van der Waals surface area (Å²) in [5, 5.41) is 7.83. The second kappa shape index (κ2) is 11.4. The maximum absolute atomic E-state index is 12.4. The van der Waals surface area contributed by atoms with Crippen LogP contribution in [0.25, 0.3) is 0 Å². The number of ketones is 1. The molecule has 138 valence electrons. The molecule has 0 aromatic heterocycles. The lowest BCUT2D eigenvalue weighted by Gasteiger charge is -2.24. The van der Waals surface area contributed by atoms with Gasteiger partial charge in [-0.25, -0.2) is 4.79 Å². The van der Waals surface area contributed by atoms with E-state index >= 15 is 0 Å². The monoisotopic (exact) mass is 342 g/mol. The van der Waals surface area contributed by atoms with Crippen LogP contribution < -0.4 is 21.7 Å². The maximum Gasteiger partial charge on any atom is 0.312 e. The Balaban J connectivity index is 4.66. The number of hydrogen-bond donors (Lipinski definition) is 4. The van der Waals surface area contributed by atoms with Gasteiger partial charge in [-0.15, -0.1) is 0 Å². The SMILES string of the molecule is CCCC(=O)NC(C(=O)NC(CCCNC(N)=O)C(C)=O)C(C)C. The van der Waals surface area contributed by atoms with Crippen LogP contribution >= 0.6 is 0 Å². The van der Waals surface area contributed by atoms with Crippen LogP contribution in [-0.2, 0) is 14.4 Å². The molecule has 0 radical (unpaired) electrons. The van der Waals surface area contributed by atoms with Gasteiger partial charge in [0.2, 0.25) is 11.8 Å². The molecule has 8 heteroatoms. The summed E-state index contributed by atoms with van der Waals surface area (Å²) in [5.74, 6) is -0.839. The third-order valence-electron chi connectivity index (χ3n) is 3.52. The van der Waals surface area contributed by atoms with Crippen LogP contribution in [0.1, 0.15) is 53.4 Å². The molecule has 0 fully saturated rings. The summed E-state index contributed by atoms with van der Waals surface area (Å²) in [7, 11) is 0. The molecule has 0 spiro atoms. The van der Waals surface area contributed by atoms with Crippen LogP contribution in [0.5, 0.6) is 0 Å². The fraction of sp³-hybridized carbons (Fsp3) is 0.750. The molecule has 4 amide bonds. The molecule has 0 heterocycles. The highest BCUT2D eigenvalue weighted by molar-refractivity contribution is 5.92. The van der Waals surface area contributed by atoms with E-state index in [0.29, 0.717) is 32.2 Å². The molecule has 8 nitrogen and oxygen atoms in total. The van der Waals surface area contributed by atoms with Crippen LogP contribution in [0.15, 0.2) is 0 Å². The minimum atomic E-state index is -0.686. The molecular formula is C16H30N4O4. The Hall–Kier alpha value is -2.12. The zero-order valence-corrected chi connectivity index (χ0v) is 15.0. The summed E-state index contributed by atoms with van der Waals surface area (Å²) in [4.78, 5) is 46.5. The van der Waals surface area contributed by atoms with Crippen LogP contribution in [-0.4, -0.2) is 42.3 Å². The number of hydrogen-bond acceptors (Lipinski definition) is 4. The Labute approximate surface area is 143 Å². The van der Waals surface area contributed by atoms with E-state index in [1.807, 2.05) is 20.8 Å². The van der Waals surface area contributed by atoms with Gasteiger partial charge >= 0.3 is 6.03 Å². The molecule has 0 aliphatic rings. The number of Topliss-reactive ketones (excluding diaryl/α,β-unsaturated/α-hetero) is 1. The Morgan fingerprint density at radius 3 is 2.17 bits per heavy atom. The van der Waals surface area contributed by atoms with Crippen molar-refractivity contribution >= 4 is 23.6 Å². The lowest BCUT2D eigenvalue weighted by molar-refractivity contribution is -0.132. The third-order valence-corrected chi connectivity index (χ3v) is 3.52. The highest BCUT2D eigenvalue weighted by atomic mass is 16.2. The van der Waals surface area contributed by atoms with Gasteiger partial charge in [-0.2, -0.15) is 0 Å². The summed E-state index contributed by atoms with van der Waals surface area (Å²) in [6.07, 6.45) is 1.93. The number of amides is 4. The lowest BCUT2D eigenvalue weighted by atomic mass is 10.0. The van der Waals surface area contributed by atoms with Crippen LogP contribution in [0.3, 0.4) is 0 Å². The van der Waals surface area contributed by atoms with Crippen molar-refractivity contribution in [2.24, 2.45) is 11.7 Å². The molecule has 24 heavy (non-hydrogen) atoms. The first-order valence-electron chi connectivity index (χ1n) is 8.32. The van der Waals surface area contributed by atoms with Gasteiger partial charge in [0.05, 0.1) is 6.04 Å². The van der Waals surface area contributed by atoms with Crippen molar-refractivity contribution < 1.29 is 19.2 Å². The van der Waals surface area contributed by atoms with Gasteiger partial charge < -0.3 is 21.7 Å². The zero-order valence-electron chi connectivity index (χ0n) is 15.0. The molecule has 0 aliphatic heterocycles. The first-order valence-corrected chi connectivity index (χ1v) is 8.32. The summed E-state index contributed by atoms with van der Waals surface area (Å²) < 4.78 is 0. The second-order valence-electron chi connectivity index (χ2n) is 6.14. The van der Waals surface area contributed by atoms with Gasteiger partial charge in [-0.05, 0) is 32.1 Å². The Morgan fingerprint density at radius 1 is 1.08 bits per heavy atom. The van der Waals surface area contributed by atoms with Gasteiger partial charge in [0, 0.05) is 13.0 Å². The van der Waals surface area contributed by atoms with Crippen molar-refractivity contribution in [2.45, 2.75) is 65.5 Å². The molecule has 0 aromatic rings. The average Bonchev–Trinajstić information content (AvgIpc) is 2.47. The van der Waals surface area contributed by atoms with Gasteiger partial charge in [0.25, 0.3) is 0 Å². The first kappa shape index (κ1) is 21.9. The van der Waals surface area contributed by atoms with Crippen molar-refractivity contribution in [1.29, 1.82) is 0 Å². The molecular weight excluding hydrogens is 312 g/mol. The van der Waals surface area contributed by atoms with E-state index in [9.17, 15) is 19.2 Å². The summed E-state index contributed by atoms with van der Waals surface area (Å²) in [6.45, 7) is 7.27. The van der Waals surface area contributed by atoms with Crippen molar-refractivity contribution in [3.05, 3.63) is 0 Å². The van der Waals surface area contributed by atoms with Gasteiger partial charge in [0.1, 0.15) is 6.04 Å². The van der Waals surface area contributed by atoms with E-state index < -0.39 is 18.1 Å². The fourth-order valence-corrected chi connectivity index (χ4v) is 2.16. The maximum atomic E-state index is 12.4. The van der Waals surface area contributed by atoms with E-state index in [1.54, 1.807) is 0 Å². The average molecular weight is 342 g/mol. The van der Waals surface area contributed by atoms with E-state index in [4.69, 9.17) is 5.73 Å². The fourth-order valence-electron chi connectivity index (χ4n) is 2.16. The number of primary amides is 1. The van der Waals surface area contributed by atoms with Crippen LogP contribution in [0, 0.1) is 5.92 Å². The quantitative estimate of drug-likeness (QED) is 0.406. The summed E-state index contributed by atoms with van der Waals surface area (Å²) in [5.41, 5.74) is 4.97. The predicted octanol–water partition coefficient (Wildman–Crippen LogP) is 0.450. The largest absolute Gasteiger partial charge is 0.352 e. The van der Waals surface area contributed by atoms with Crippen LogP contribution in [0.2, 0.25) is 0 Å². The molecule has 0 rings (SSSR count). The lowest BCUT2D eigenvalue weighted by Crippen LogP contribution is -2.53. The molecule has 0 bridgehead atoms. The summed E-state index contributed by atoms with van der Waals surface area (Å²) >= 11 is 0. The molecule has 5 N–H and O–H groups in total. The molecule has 0 aliphatic carbocycles. The number of carbonyl (C=O) groups excluding carboxylic acids is 4. The third kappa shape index (κ3) is 9.12. The standard InChI is InChI=1S/C16H30N4O4/c1-5-7-13(22)20-14(10(2)3)15(23)19-12(11(4)21)8-6-9-18-16(17)24/h10,12,14H,5-9H2,1-4H3,(H,19,23)(H,20,22)(H3,17,18,24). The van der Waals surface area contributed by atoms with E-state index in [2.05, 4.69) is 16.0 Å². The zero-order chi connectivity index (χ0) is 18.7. The van der Waals surface area contributed by atoms with Crippen LogP contribution in [0.4, 0.5) is 4.79 Å². The van der Waals surface area contributed by atoms with E-state index in [-0.39, 0.29) is 23.5 Å². The van der Waals surface area contributed by atoms with Crippen molar-refractivity contribution in [3.63, 3.8) is 0 Å². The Morgan fingerprint density at radius 2 is 1.71 bits per heavy atom. The number of rotatable bonds is 11. The second-order valence-corrected chi connectivity index (χ2v) is 6.14. The Kier molecular flexibility index (Phi) is 10.4. The highest BCUT2D eigenvalue weighted by Crippen LogP contribution is 2.06. The molecule has 0 saturated carbocycles. The number of nitrogens with one attached hydrogen (secondary N) is 3. The van der Waals surface area contributed by atoms with Crippen molar-refractivity contribution in [2.75, 3.05) is 6.54 Å². The normalized spacial score (nSPS) is 13.0. The number of nitrogens with two attached hydrogens (primary N) is 1. The van der Waals surface area contributed by atoms with Gasteiger partial charge in [-0.3, -0.25) is 14.4 Å². The predicted molar refractivity (Wildman–Crippen MR) is 91.1 cm³/mol. The van der Waals surface area contributed by atoms with E-state index in [1.165, 1.54) is 6.92 Å². The smallest absolute Gasteiger partial charge is 0.312 e. The topological polar surface area (TPSA) is 130 Å². The van der Waals surface area contributed by atoms with Crippen molar-refractivity contribution in [1.82, 2.24) is 16.0 Å². The molecule has 2 atom stereocenters. The molecule has 0 saturated heterocycles. The number of urea groups is 1. The van der Waals surface area contributed by atoms with Gasteiger partial charge in [0.15, 0.2) is 5.78 Å². The first-order chi connectivity index (χ1) is 11.2.